The molecule has 0 atom stereocenters. The topological polar surface area (TPSA) is 68.0 Å². The van der Waals surface area contributed by atoms with Gasteiger partial charge in [0.1, 0.15) is 0 Å². The summed E-state index contributed by atoms with van der Waals surface area (Å²) in [4.78, 5) is 15.4. The fourth-order valence-corrected chi connectivity index (χ4v) is 1.63. The van der Waals surface area contributed by atoms with Crippen molar-refractivity contribution in [3.8, 4) is 11.5 Å². The van der Waals surface area contributed by atoms with E-state index >= 15 is 0 Å². The maximum absolute atomic E-state index is 11.2. The predicted octanol–water partition coefficient (Wildman–Crippen LogP) is 1.64. The molecule has 94 valence electrons. The first kappa shape index (κ1) is 12.3. The van der Waals surface area contributed by atoms with Crippen LogP contribution in [0.5, 0.6) is 0 Å². The lowest BCUT2D eigenvalue weighted by molar-refractivity contribution is -0.120. The normalized spacial score (nSPS) is 10.4. The molecule has 0 unspecified atom stereocenters. The maximum atomic E-state index is 11.2. The van der Waals surface area contributed by atoms with Gasteiger partial charge in [-0.1, -0.05) is 22.9 Å². The van der Waals surface area contributed by atoms with Crippen molar-refractivity contribution in [3.63, 3.8) is 0 Å². The van der Waals surface area contributed by atoms with Crippen LogP contribution in [-0.2, 0) is 11.2 Å². The lowest BCUT2D eigenvalue weighted by Gasteiger charge is -2.01. The van der Waals surface area contributed by atoms with E-state index in [1.165, 1.54) is 0 Å². The summed E-state index contributed by atoms with van der Waals surface area (Å²) in [6.45, 7) is 3.99. The van der Waals surface area contributed by atoms with Gasteiger partial charge in [0.2, 0.25) is 5.91 Å². The molecule has 5 heteroatoms. The van der Waals surface area contributed by atoms with Gasteiger partial charge in [0.15, 0.2) is 5.82 Å². The number of likely N-dealkylation sites (N-methyl/N-ethyl adjacent to an activating group) is 1. The third-order valence-corrected chi connectivity index (χ3v) is 2.69. The van der Waals surface area contributed by atoms with E-state index in [4.69, 9.17) is 4.52 Å². The van der Waals surface area contributed by atoms with E-state index in [9.17, 15) is 4.79 Å². The molecule has 0 spiro atoms. The fraction of sp³-hybridized carbons (Fsp3) is 0.308. The van der Waals surface area contributed by atoms with Crippen molar-refractivity contribution < 1.29 is 9.32 Å². The summed E-state index contributed by atoms with van der Waals surface area (Å²) in [6.07, 6.45) is 0.130. The number of carbonyl (C=O) groups excluding carboxylic acids is 1. The molecule has 1 N–H and O–H groups in total. The second kappa shape index (κ2) is 5.00. The molecule has 0 fully saturated rings. The number of hydrogen-bond donors (Lipinski definition) is 1. The molecular weight excluding hydrogens is 230 g/mol. The fourth-order valence-electron chi connectivity index (χ4n) is 1.63. The standard InChI is InChI=1S/C13H15N3O2/c1-8-4-5-9(2)10(6-8)13-15-11(16-18-13)7-12(17)14-3/h4-6H,7H2,1-3H3,(H,14,17). The summed E-state index contributed by atoms with van der Waals surface area (Å²) in [5, 5.41) is 6.33. The minimum absolute atomic E-state index is 0.130. The highest BCUT2D eigenvalue weighted by Gasteiger charge is 2.13. The van der Waals surface area contributed by atoms with Crippen molar-refractivity contribution in [2.24, 2.45) is 0 Å². The molecule has 1 amide bonds. The van der Waals surface area contributed by atoms with Gasteiger partial charge in [0.05, 0.1) is 6.42 Å². The van der Waals surface area contributed by atoms with E-state index < -0.39 is 0 Å². The van der Waals surface area contributed by atoms with Crippen molar-refractivity contribution in [1.82, 2.24) is 15.5 Å². The van der Waals surface area contributed by atoms with Gasteiger partial charge in [-0.25, -0.2) is 0 Å². The molecule has 0 aliphatic heterocycles. The quantitative estimate of drug-likeness (QED) is 0.892. The van der Waals surface area contributed by atoms with E-state index in [2.05, 4.69) is 15.5 Å². The number of hydrogen-bond acceptors (Lipinski definition) is 4. The van der Waals surface area contributed by atoms with E-state index in [0.717, 1.165) is 16.7 Å². The lowest BCUT2D eigenvalue weighted by Crippen LogP contribution is -2.20. The molecule has 1 aromatic heterocycles. The van der Waals surface area contributed by atoms with Gasteiger partial charge in [-0.05, 0) is 25.5 Å². The Hall–Kier alpha value is -2.17. The molecule has 0 saturated carbocycles. The highest BCUT2D eigenvalue weighted by atomic mass is 16.5. The highest BCUT2D eigenvalue weighted by molar-refractivity contribution is 5.77. The first-order chi connectivity index (χ1) is 8.60. The van der Waals surface area contributed by atoms with E-state index in [-0.39, 0.29) is 12.3 Å². The molecule has 1 heterocycles. The van der Waals surface area contributed by atoms with Gasteiger partial charge < -0.3 is 9.84 Å². The van der Waals surface area contributed by atoms with Gasteiger partial charge in [0, 0.05) is 12.6 Å². The molecular formula is C13H15N3O2. The summed E-state index contributed by atoms with van der Waals surface area (Å²) in [7, 11) is 1.58. The molecule has 5 nitrogen and oxygen atoms in total. The Kier molecular flexibility index (Phi) is 3.41. The van der Waals surface area contributed by atoms with Crippen molar-refractivity contribution in [2.75, 3.05) is 7.05 Å². The third-order valence-electron chi connectivity index (χ3n) is 2.69. The zero-order valence-electron chi connectivity index (χ0n) is 10.7. The maximum Gasteiger partial charge on any atom is 0.258 e. The largest absolute Gasteiger partial charge is 0.359 e. The van der Waals surface area contributed by atoms with Gasteiger partial charge in [-0.2, -0.15) is 4.98 Å². The molecule has 0 saturated heterocycles. The SMILES string of the molecule is CNC(=O)Cc1noc(-c2cc(C)ccc2C)n1. The van der Waals surface area contributed by atoms with Crippen LogP contribution in [-0.4, -0.2) is 23.1 Å². The molecule has 0 radical (unpaired) electrons. The van der Waals surface area contributed by atoms with E-state index in [0.29, 0.717) is 11.7 Å². The molecule has 18 heavy (non-hydrogen) atoms. The summed E-state index contributed by atoms with van der Waals surface area (Å²) in [6, 6.07) is 6.03. The minimum atomic E-state index is -0.136. The number of nitrogens with zero attached hydrogens (tertiary/aromatic N) is 2. The van der Waals surface area contributed by atoms with Crippen LogP contribution in [0.4, 0.5) is 0 Å². The van der Waals surface area contributed by atoms with E-state index in [1.54, 1.807) is 7.05 Å². The zero-order valence-corrected chi connectivity index (χ0v) is 10.7. The molecule has 2 rings (SSSR count). The predicted molar refractivity (Wildman–Crippen MR) is 67.0 cm³/mol. The van der Waals surface area contributed by atoms with Crippen LogP contribution >= 0.6 is 0 Å². The lowest BCUT2D eigenvalue weighted by atomic mass is 10.1. The number of aryl methyl sites for hydroxylation is 2. The summed E-state index contributed by atoms with van der Waals surface area (Å²) >= 11 is 0. The molecule has 2 aromatic rings. The minimum Gasteiger partial charge on any atom is -0.359 e. The van der Waals surface area contributed by atoms with Gasteiger partial charge in [-0.3, -0.25) is 4.79 Å². The second-order valence-electron chi connectivity index (χ2n) is 4.18. The Bertz CT molecular complexity index is 575. The Morgan fingerprint density at radius 3 is 2.89 bits per heavy atom. The zero-order chi connectivity index (χ0) is 13.1. The molecule has 0 aliphatic carbocycles. The molecule has 0 bridgehead atoms. The number of benzene rings is 1. The Labute approximate surface area is 105 Å². The summed E-state index contributed by atoms with van der Waals surface area (Å²) < 4.78 is 5.19. The number of carbonyl (C=O) groups is 1. The number of nitrogens with one attached hydrogen (secondary N) is 1. The van der Waals surface area contributed by atoms with Gasteiger partial charge in [-0.15, -0.1) is 0 Å². The van der Waals surface area contributed by atoms with Crippen LogP contribution in [0.3, 0.4) is 0 Å². The average molecular weight is 245 g/mol. The van der Waals surface area contributed by atoms with Crippen molar-refractivity contribution in [1.29, 1.82) is 0 Å². The van der Waals surface area contributed by atoms with Crippen molar-refractivity contribution >= 4 is 5.91 Å². The van der Waals surface area contributed by atoms with Crippen molar-refractivity contribution in [3.05, 3.63) is 35.2 Å². The average Bonchev–Trinajstić information content (AvgIpc) is 2.80. The Balaban J connectivity index is 2.29. The smallest absolute Gasteiger partial charge is 0.258 e. The molecule has 0 aliphatic rings. The van der Waals surface area contributed by atoms with Crippen molar-refractivity contribution in [2.45, 2.75) is 20.3 Å². The van der Waals surface area contributed by atoms with Crippen LogP contribution in [0.1, 0.15) is 17.0 Å². The Morgan fingerprint density at radius 1 is 1.39 bits per heavy atom. The Morgan fingerprint density at radius 2 is 2.17 bits per heavy atom. The summed E-state index contributed by atoms with van der Waals surface area (Å²) in [5.41, 5.74) is 3.10. The monoisotopic (exact) mass is 245 g/mol. The van der Waals surface area contributed by atoms with E-state index in [1.807, 2.05) is 32.0 Å². The number of aromatic nitrogens is 2. The first-order valence-electron chi connectivity index (χ1n) is 5.71. The van der Waals surface area contributed by atoms with Crippen LogP contribution in [0.15, 0.2) is 22.7 Å². The van der Waals surface area contributed by atoms with Crippen LogP contribution in [0.25, 0.3) is 11.5 Å². The van der Waals surface area contributed by atoms with Gasteiger partial charge in [0.25, 0.3) is 5.89 Å². The van der Waals surface area contributed by atoms with Crippen LogP contribution in [0, 0.1) is 13.8 Å². The third kappa shape index (κ3) is 2.56. The summed E-state index contributed by atoms with van der Waals surface area (Å²) in [5.74, 6) is 0.712. The van der Waals surface area contributed by atoms with Crippen LogP contribution in [0.2, 0.25) is 0 Å². The van der Waals surface area contributed by atoms with Gasteiger partial charge >= 0.3 is 0 Å². The number of rotatable bonds is 3. The second-order valence-corrected chi connectivity index (χ2v) is 4.18. The van der Waals surface area contributed by atoms with Crippen LogP contribution < -0.4 is 5.32 Å². The molecule has 1 aromatic carbocycles. The first-order valence-corrected chi connectivity index (χ1v) is 5.71. The highest BCUT2D eigenvalue weighted by Crippen LogP contribution is 2.22. The number of amides is 1.